The molecule has 2 aliphatic rings. The summed E-state index contributed by atoms with van der Waals surface area (Å²) in [6.45, 7) is 10.4. The Morgan fingerprint density at radius 2 is 2.18 bits per heavy atom. The van der Waals surface area contributed by atoms with E-state index in [0.717, 1.165) is 43.1 Å². The first kappa shape index (κ1) is 15.5. The molecule has 3 rings (SSSR count). The first-order valence-electron chi connectivity index (χ1n) is 8.04. The molecule has 3 heterocycles. The van der Waals surface area contributed by atoms with Gasteiger partial charge in [-0.25, -0.2) is 0 Å². The molecule has 0 spiro atoms. The molecule has 22 heavy (non-hydrogen) atoms. The lowest BCUT2D eigenvalue weighted by molar-refractivity contribution is -0.128. The van der Waals surface area contributed by atoms with Crippen LogP contribution in [0.1, 0.15) is 37.3 Å². The van der Waals surface area contributed by atoms with E-state index >= 15 is 0 Å². The number of hydrogen-bond acceptors (Lipinski definition) is 5. The van der Waals surface area contributed by atoms with Gasteiger partial charge >= 0.3 is 0 Å². The van der Waals surface area contributed by atoms with E-state index in [1.54, 1.807) is 0 Å². The van der Waals surface area contributed by atoms with Gasteiger partial charge in [-0.1, -0.05) is 5.16 Å². The highest BCUT2D eigenvalue weighted by atomic mass is 16.5. The van der Waals surface area contributed by atoms with Crippen molar-refractivity contribution in [1.82, 2.24) is 15.4 Å². The molecule has 0 radical (unpaired) electrons. The third-order valence-electron chi connectivity index (χ3n) is 4.56. The van der Waals surface area contributed by atoms with Crippen molar-refractivity contribution in [3.8, 4) is 0 Å². The van der Waals surface area contributed by atoms with E-state index < -0.39 is 0 Å². The zero-order valence-electron chi connectivity index (χ0n) is 13.8. The molecule has 0 aromatic carbocycles. The molecule has 1 amide bonds. The molecule has 2 bridgehead atoms. The number of ether oxygens (including phenoxy) is 1. The van der Waals surface area contributed by atoms with Gasteiger partial charge in [-0.15, -0.1) is 0 Å². The SMILES string of the molecule is Cc1noc(C)c1CN1C[C@H]2C[C@@H](C(=O)NC(C)C)[C@@H](C1)O2. The van der Waals surface area contributed by atoms with Crippen molar-refractivity contribution in [1.29, 1.82) is 0 Å². The van der Waals surface area contributed by atoms with Crippen molar-refractivity contribution >= 4 is 5.91 Å². The van der Waals surface area contributed by atoms with Crippen molar-refractivity contribution in [3.05, 3.63) is 17.0 Å². The molecule has 2 fully saturated rings. The van der Waals surface area contributed by atoms with E-state index in [4.69, 9.17) is 9.26 Å². The average Bonchev–Trinajstić information content (AvgIpc) is 2.91. The highest BCUT2D eigenvalue weighted by Gasteiger charge is 2.44. The highest BCUT2D eigenvalue weighted by Crippen LogP contribution is 2.33. The molecule has 6 heteroatoms. The summed E-state index contributed by atoms with van der Waals surface area (Å²) in [5.74, 6) is 0.981. The second-order valence-electron chi connectivity index (χ2n) is 6.80. The minimum Gasteiger partial charge on any atom is -0.371 e. The van der Waals surface area contributed by atoms with Crippen LogP contribution in [0.5, 0.6) is 0 Å². The lowest BCUT2D eigenvalue weighted by Crippen LogP contribution is -2.45. The number of aromatic nitrogens is 1. The van der Waals surface area contributed by atoms with Crippen LogP contribution in [0, 0.1) is 19.8 Å². The van der Waals surface area contributed by atoms with Crippen LogP contribution in [0.4, 0.5) is 0 Å². The molecule has 3 atom stereocenters. The standard InChI is InChI=1S/C16H25N3O3/c1-9(2)17-16(20)13-5-12-6-19(8-15(13)21-12)7-14-10(3)18-22-11(14)4/h9,12-13,15H,5-8H2,1-4H3,(H,17,20)/t12-,13-,15-/m1/s1. The number of likely N-dealkylation sites (tertiary alicyclic amines) is 1. The minimum absolute atomic E-state index is 0.00188. The molecule has 2 aliphatic heterocycles. The van der Waals surface area contributed by atoms with Gasteiger partial charge < -0.3 is 14.6 Å². The summed E-state index contributed by atoms with van der Waals surface area (Å²) in [6, 6.07) is 0.173. The maximum Gasteiger partial charge on any atom is 0.226 e. The largest absolute Gasteiger partial charge is 0.371 e. The van der Waals surface area contributed by atoms with Gasteiger partial charge in [-0.2, -0.15) is 0 Å². The van der Waals surface area contributed by atoms with Gasteiger partial charge in [0.05, 0.1) is 23.8 Å². The topological polar surface area (TPSA) is 67.6 Å². The maximum atomic E-state index is 12.3. The fourth-order valence-corrected chi connectivity index (χ4v) is 3.49. The van der Waals surface area contributed by atoms with E-state index in [-0.39, 0.29) is 30.1 Å². The van der Waals surface area contributed by atoms with Crippen LogP contribution in [0.25, 0.3) is 0 Å². The molecular formula is C16H25N3O3. The lowest BCUT2D eigenvalue weighted by atomic mass is 9.99. The quantitative estimate of drug-likeness (QED) is 0.911. The summed E-state index contributed by atoms with van der Waals surface area (Å²) in [6.07, 6.45) is 0.974. The second-order valence-corrected chi connectivity index (χ2v) is 6.80. The monoisotopic (exact) mass is 307 g/mol. The summed E-state index contributed by atoms with van der Waals surface area (Å²) in [5, 5.41) is 7.03. The molecule has 0 saturated carbocycles. The van der Waals surface area contributed by atoms with Crippen LogP contribution in [-0.4, -0.2) is 47.3 Å². The van der Waals surface area contributed by atoms with Crippen molar-refractivity contribution in [2.45, 2.75) is 58.9 Å². The minimum atomic E-state index is -0.0259. The van der Waals surface area contributed by atoms with Gasteiger partial charge in [-0.05, 0) is 34.1 Å². The summed E-state index contributed by atoms with van der Waals surface area (Å²) >= 11 is 0. The molecule has 1 N–H and O–H groups in total. The van der Waals surface area contributed by atoms with E-state index in [9.17, 15) is 4.79 Å². The van der Waals surface area contributed by atoms with Crippen LogP contribution in [0.2, 0.25) is 0 Å². The molecular weight excluding hydrogens is 282 g/mol. The second kappa shape index (κ2) is 6.01. The number of carbonyl (C=O) groups is 1. The molecule has 2 saturated heterocycles. The van der Waals surface area contributed by atoms with Crippen molar-refractivity contribution < 1.29 is 14.1 Å². The summed E-state index contributed by atoms with van der Waals surface area (Å²) in [7, 11) is 0. The third kappa shape index (κ3) is 3.03. The van der Waals surface area contributed by atoms with Crippen molar-refractivity contribution in [2.75, 3.05) is 13.1 Å². The van der Waals surface area contributed by atoms with Crippen LogP contribution in [0.15, 0.2) is 4.52 Å². The molecule has 1 aromatic heterocycles. The Morgan fingerprint density at radius 1 is 1.41 bits per heavy atom. The number of aryl methyl sites for hydroxylation is 2. The van der Waals surface area contributed by atoms with Gasteiger partial charge in [0.1, 0.15) is 5.76 Å². The van der Waals surface area contributed by atoms with E-state index in [1.165, 1.54) is 0 Å². The zero-order chi connectivity index (χ0) is 15.9. The first-order valence-corrected chi connectivity index (χ1v) is 8.04. The predicted molar refractivity (Wildman–Crippen MR) is 81.3 cm³/mol. The van der Waals surface area contributed by atoms with Gasteiger partial charge in [0, 0.05) is 31.2 Å². The predicted octanol–water partition coefficient (Wildman–Crippen LogP) is 1.41. The fraction of sp³-hybridized carbons (Fsp3) is 0.750. The van der Waals surface area contributed by atoms with Crippen LogP contribution in [0.3, 0.4) is 0 Å². The number of morpholine rings is 1. The van der Waals surface area contributed by atoms with Gasteiger partial charge in [0.15, 0.2) is 0 Å². The number of rotatable bonds is 4. The smallest absolute Gasteiger partial charge is 0.226 e. The average molecular weight is 307 g/mol. The van der Waals surface area contributed by atoms with Gasteiger partial charge in [0.25, 0.3) is 0 Å². The number of nitrogens with zero attached hydrogens (tertiary/aromatic N) is 2. The normalized spacial score (nSPS) is 28.3. The fourth-order valence-electron chi connectivity index (χ4n) is 3.49. The molecule has 6 nitrogen and oxygen atoms in total. The number of amides is 1. The van der Waals surface area contributed by atoms with E-state index in [2.05, 4.69) is 15.4 Å². The van der Waals surface area contributed by atoms with E-state index in [1.807, 2.05) is 27.7 Å². The lowest BCUT2D eigenvalue weighted by Gasteiger charge is -2.32. The Kier molecular flexibility index (Phi) is 4.23. The first-order chi connectivity index (χ1) is 10.4. The van der Waals surface area contributed by atoms with Gasteiger partial charge in [0.2, 0.25) is 5.91 Å². The van der Waals surface area contributed by atoms with Crippen molar-refractivity contribution in [3.63, 3.8) is 0 Å². The van der Waals surface area contributed by atoms with Crippen LogP contribution in [-0.2, 0) is 16.1 Å². The maximum absolute atomic E-state index is 12.3. The van der Waals surface area contributed by atoms with Gasteiger partial charge in [-0.3, -0.25) is 9.69 Å². The number of nitrogens with one attached hydrogen (secondary N) is 1. The summed E-state index contributed by atoms with van der Waals surface area (Å²) in [4.78, 5) is 14.7. The Labute approximate surface area is 131 Å². The zero-order valence-corrected chi connectivity index (χ0v) is 13.8. The van der Waals surface area contributed by atoms with Crippen LogP contribution >= 0.6 is 0 Å². The van der Waals surface area contributed by atoms with Crippen molar-refractivity contribution in [2.24, 2.45) is 5.92 Å². The molecule has 0 unspecified atom stereocenters. The Balaban J connectivity index is 1.65. The number of hydrogen-bond donors (Lipinski definition) is 1. The summed E-state index contributed by atoms with van der Waals surface area (Å²) < 4.78 is 11.2. The summed E-state index contributed by atoms with van der Waals surface area (Å²) in [5.41, 5.74) is 2.11. The third-order valence-corrected chi connectivity index (χ3v) is 4.56. The number of carbonyl (C=O) groups excluding carboxylic acids is 1. The molecule has 122 valence electrons. The Morgan fingerprint density at radius 3 is 2.82 bits per heavy atom. The molecule has 0 aliphatic carbocycles. The number of fused-ring (bicyclic) bond motifs is 2. The Bertz CT molecular complexity index is 535. The molecule has 1 aromatic rings. The highest BCUT2D eigenvalue weighted by molar-refractivity contribution is 5.80. The Hall–Kier alpha value is -1.40. The van der Waals surface area contributed by atoms with Crippen LogP contribution < -0.4 is 5.32 Å². The van der Waals surface area contributed by atoms with E-state index in [0.29, 0.717) is 0 Å².